The Morgan fingerprint density at radius 2 is 0.941 bits per heavy atom. The number of nitrogens with one attached hydrogen (secondary N) is 3. The molecule has 3 aromatic heterocycles. The maximum Gasteiger partial charge on any atom is 0.178 e. The first-order chi connectivity index (χ1) is 25.3. The first-order valence-electron chi connectivity index (χ1n) is 17.5. The number of hydrogen-bond acceptors (Lipinski definition) is 5. The highest BCUT2D eigenvalue weighted by atomic mass is 16.4. The third kappa shape index (κ3) is 4.41. The molecule has 0 amide bonds. The summed E-state index contributed by atoms with van der Waals surface area (Å²) >= 11 is 0. The zero-order valence-electron chi connectivity index (χ0n) is 27.5. The van der Waals surface area contributed by atoms with Crippen molar-refractivity contribution in [1.82, 2.24) is 20.5 Å². The van der Waals surface area contributed by atoms with E-state index in [1.165, 1.54) is 21.8 Å². The molecule has 6 heteroatoms. The molecule has 1 fully saturated rings. The number of fused-ring (bicyclic) bond motifs is 10. The number of furan rings is 2. The molecule has 51 heavy (non-hydrogen) atoms. The molecule has 1 aliphatic rings. The van der Waals surface area contributed by atoms with Crippen LogP contribution in [0.5, 0.6) is 0 Å². The lowest BCUT2D eigenvalue weighted by molar-refractivity contribution is 0.203. The summed E-state index contributed by atoms with van der Waals surface area (Å²) in [4.78, 5) is 0. The Balaban J connectivity index is 1.05. The Kier molecular flexibility index (Phi) is 6.27. The van der Waals surface area contributed by atoms with Crippen LogP contribution >= 0.6 is 0 Å². The van der Waals surface area contributed by atoms with Crippen molar-refractivity contribution in [3.05, 3.63) is 174 Å². The van der Waals surface area contributed by atoms with Crippen molar-refractivity contribution >= 4 is 65.7 Å². The van der Waals surface area contributed by atoms with Gasteiger partial charge >= 0.3 is 0 Å². The van der Waals surface area contributed by atoms with E-state index in [1.807, 2.05) is 18.2 Å². The van der Waals surface area contributed by atoms with Crippen LogP contribution in [-0.4, -0.2) is 4.57 Å². The van der Waals surface area contributed by atoms with E-state index in [0.29, 0.717) is 0 Å². The second kappa shape index (κ2) is 11.2. The summed E-state index contributed by atoms with van der Waals surface area (Å²) in [6.07, 6.45) is -0.522. The molecular formula is C45H32N4O2. The predicted molar refractivity (Wildman–Crippen MR) is 206 cm³/mol. The number of benzene rings is 7. The SMILES string of the molecule is c1ccc(C2NC(c3cccc(-n4c5ccccc5c5ccccc54)c3)NC(c3cccc4c3oc3c4ccc4c5ccccc5oc43)N2)cc1. The monoisotopic (exact) mass is 660 g/mol. The number of aromatic nitrogens is 1. The van der Waals surface area contributed by atoms with Crippen LogP contribution in [0.4, 0.5) is 0 Å². The van der Waals surface area contributed by atoms with Gasteiger partial charge in [-0.3, -0.25) is 16.0 Å². The van der Waals surface area contributed by atoms with Crippen molar-refractivity contribution in [2.45, 2.75) is 18.5 Å². The molecule has 0 saturated carbocycles. The molecule has 10 aromatic rings. The molecule has 0 bridgehead atoms. The van der Waals surface area contributed by atoms with Gasteiger partial charge in [-0.15, -0.1) is 0 Å². The van der Waals surface area contributed by atoms with Crippen LogP contribution in [0.3, 0.4) is 0 Å². The van der Waals surface area contributed by atoms with Crippen LogP contribution in [0.1, 0.15) is 35.2 Å². The van der Waals surface area contributed by atoms with Crippen molar-refractivity contribution < 1.29 is 8.83 Å². The fourth-order valence-electron chi connectivity index (χ4n) is 8.19. The lowest BCUT2D eigenvalue weighted by Crippen LogP contribution is -2.54. The number of para-hydroxylation sites is 4. The van der Waals surface area contributed by atoms with Crippen LogP contribution in [0.15, 0.2) is 167 Å². The smallest absolute Gasteiger partial charge is 0.178 e. The molecule has 7 aromatic carbocycles. The highest BCUT2D eigenvalue weighted by molar-refractivity contribution is 6.19. The van der Waals surface area contributed by atoms with E-state index in [-0.39, 0.29) is 18.5 Å². The Morgan fingerprint density at radius 3 is 1.73 bits per heavy atom. The highest BCUT2D eigenvalue weighted by Crippen LogP contribution is 2.41. The lowest BCUT2D eigenvalue weighted by atomic mass is 10.0. The summed E-state index contributed by atoms with van der Waals surface area (Å²) in [6.45, 7) is 0. The third-order valence-corrected chi connectivity index (χ3v) is 10.5. The van der Waals surface area contributed by atoms with Gasteiger partial charge in [0.25, 0.3) is 0 Å². The fourth-order valence-corrected chi connectivity index (χ4v) is 8.19. The van der Waals surface area contributed by atoms with Gasteiger partial charge in [0.05, 0.1) is 29.5 Å². The molecular weight excluding hydrogens is 629 g/mol. The van der Waals surface area contributed by atoms with Crippen LogP contribution in [-0.2, 0) is 0 Å². The molecule has 3 unspecified atom stereocenters. The first kappa shape index (κ1) is 28.6. The molecule has 0 aliphatic carbocycles. The minimum absolute atomic E-state index is 0.124. The molecule has 6 nitrogen and oxygen atoms in total. The quantitative estimate of drug-likeness (QED) is 0.175. The summed E-state index contributed by atoms with van der Waals surface area (Å²) in [6, 6.07) is 55.6. The molecule has 4 heterocycles. The Bertz CT molecular complexity index is 2880. The van der Waals surface area contributed by atoms with Gasteiger partial charge in [0.2, 0.25) is 0 Å². The standard InChI is InChI=1S/C45H32N4O2/c1-2-12-27(13-3-1)43-46-44(28-14-10-15-29(26-28)49-37-21-7-4-16-30(37)31-17-5-8-22-38(31)49)48-45(47-43)36-20-11-19-33-35-25-24-34-32-18-6-9-23-39(32)50-41(34)42(35)51-40(33)36/h1-26,43-48H. The second-order valence-electron chi connectivity index (χ2n) is 13.4. The van der Waals surface area contributed by atoms with Crippen molar-refractivity contribution in [1.29, 1.82) is 0 Å². The van der Waals surface area contributed by atoms with E-state index in [2.05, 4.69) is 160 Å². The van der Waals surface area contributed by atoms with Gasteiger partial charge in [0, 0.05) is 43.6 Å². The first-order valence-corrected chi connectivity index (χ1v) is 17.5. The number of hydrogen-bond donors (Lipinski definition) is 3. The maximum absolute atomic E-state index is 6.81. The van der Waals surface area contributed by atoms with Crippen LogP contribution in [0.25, 0.3) is 71.4 Å². The van der Waals surface area contributed by atoms with Gasteiger partial charge in [-0.25, -0.2) is 0 Å². The molecule has 244 valence electrons. The molecule has 11 rings (SSSR count). The van der Waals surface area contributed by atoms with E-state index >= 15 is 0 Å². The van der Waals surface area contributed by atoms with Crippen LogP contribution < -0.4 is 16.0 Å². The van der Waals surface area contributed by atoms with E-state index in [0.717, 1.165) is 66.3 Å². The van der Waals surface area contributed by atoms with Gasteiger partial charge in [-0.1, -0.05) is 115 Å². The van der Waals surface area contributed by atoms with Crippen molar-refractivity contribution in [2.75, 3.05) is 0 Å². The largest absolute Gasteiger partial charge is 0.452 e. The van der Waals surface area contributed by atoms with Crippen LogP contribution in [0, 0.1) is 0 Å². The Morgan fingerprint density at radius 1 is 0.392 bits per heavy atom. The van der Waals surface area contributed by atoms with E-state index in [9.17, 15) is 0 Å². The lowest BCUT2D eigenvalue weighted by Gasteiger charge is -2.39. The van der Waals surface area contributed by atoms with Gasteiger partial charge in [0.15, 0.2) is 11.2 Å². The summed E-state index contributed by atoms with van der Waals surface area (Å²) < 4.78 is 15.6. The molecule has 1 saturated heterocycles. The highest BCUT2D eigenvalue weighted by Gasteiger charge is 2.32. The van der Waals surface area contributed by atoms with E-state index in [4.69, 9.17) is 8.83 Å². The van der Waals surface area contributed by atoms with Crippen LogP contribution in [0.2, 0.25) is 0 Å². The summed E-state index contributed by atoms with van der Waals surface area (Å²) in [5.74, 6) is 0. The van der Waals surface area contributed by atoms with Gasteiger partial charge in [0.1, 0.15) is 11.2 Å². The maximum atomic E-state index is 6.81. The molecule has 0 spiro atoms. The second-order valence-corrected chi connectivity index (χ2v) is 13.4. The fraction of sp³-hybridized carbons (Fsp3) is 0.0667. The number of nitrogens with zero attached hydrogens (tertiary/aromatic N) is 1. The minimum Gasteiger partial charge on any atom is -0.452 e. The van der Waals surface area contributed by atoms with Gasteiger partial charge in [-0.2, -0.15) is 0 Å². The third-order valence-electron chi connectivity index (χ3n) is 10.5. The van der Waals surface area contributed by atoms with Crippen molar-refractivity contribution in [3.8, 4) is 5.69 Å². The summed E-state index contributed by atoms with van der Waals surface area (Å²) in [5.41, 5.74) is 10.1. The summed E-state index contributed by atoms with van der Waals surface area (Å²) in [7, 11) is 0. The van der Waals surface area contributed by atoms with Gasteiger partial charge in [-0.05, 0) is 53.6 Å². The number of rotatable bonds is 4. The predicted octanol–water partition coefficient (Wildman–Crippen LogP) is 10.8. The molecule has 0 radical (unpaired) electrons. The summed E-state index contributed by atoms with van der Waals surface area (Å²) in [5, 5.41) is 18.4. The topological polar surface area (TPSA) is 67.3 Å². The molecule has 1 aliphatic heterocycles. The van der Waals surface area contributed by atoms with E-state index in [1.54, 1.807) is 0 Å². The van der Waals surface area contributed by atoms with Crippen molar-refractivity contribution in [3.63, 3.8) is 0 Å². The molecule has 3 atom stereocenters. The average molecular weight is 661 g/mol. The Labute approximate surface area is 292 Å². The minimum atomic E-state index is -0.228. The van der Waals surface area contributed by atoms with Gasteiger partial charge < -0.3 is 13.4 Å². The van der Waals surface area contributed by atoms with E-state index < -0.39 is 0 Å². The average Bonchev–Trinajstić information content (AvgIpc) is 3.88. The molecule has 3 N–H and O–H groups in total. The zero-order valence-corrected chi connectivity index (χ0v) is 27.5. The van der Waals surface area contributed by atoms with Crippen molar-refractivity contribution in [2.24, 2.45) is 0 Å². The Hall–Kier alpha value is -6.18. The normalized spacial score (nSPS) is 18.2. The zero-order chi connectivity index (χ0) is 33.5.